The molecule has 5 heterocycles. The summed E-state index contributed by atoms with van der Waals surface area (Å²) in [5, 5.41) is 6.02. The van der Waals surface area contributed by atoms with Crippen LogP contribution in [-0.4, -0.2) is 51.9 Å². The summed E-state index contributed by atoms with van der Waals surface area (Å²) in [4.78, 5) is 31.6. The molecule has 7 rings (SSSR count). The van der Waals surface area contributed by atoms with E-state index in [4.69, 9.17) is 9.47 Å². The van der Waals surface area contributed by atoms with E-state index < -0.39 is 0 Å². The van der Waals surface area contributed by atoms with Gasteiger partial charge in [0.05, 0.1) is 40.9 Å². The molecule has 37 heavy (non-hydrogen) atoms. The zero-order chi connectivity index (χ0) is 25.1. The summed E-state index contributed by atoms with van der Waals surface area (Å²) in [6, 6.07) is 12.5. The Bertz CT molecular complexity index is 1590. The lowest BCUT2D eigenvalue weighted by Gasteiger charge is -2.39. The third-order valence-electron chi connectivity index (χ3n) is 8.55. The lowest BCUT2D eigenvalue weighted by molar-refractivity contribution is -0.0741. The monoisotopic (exact) mass is 498 g/mol. The minimum atomic E-state index is -0.284. The number of amides is 1. The third-order valence-corrected chi connectivity index (χ3v) is 8.55. The van der Waals surface area contributed by atoms with Gasteiger partial charge in [-0.2, -0.15) is 5.10 Å². The molecule has 1 amide bonds. The number of ether oxygens (including phenoxy) is 2. The van der Waals surface area contributed by atoms with Crippen molar-refractivity contribution in [3.05, 3.63) is 75.2 Å². The fourth-order valence-corrected chi connectivity index (χ4v) is 6.47. The van der Waals surface area contributed by atoms with Gasteiger partial charge in [-0.05, 0) is 61.4 Å². The van der Waals surface area contributed by atoms with Crippen LogP contribution < -0.4 is 5.56 Å². The highest BCUT2D eigenvalue weighted by Gasteiger charge is 2.43. The molecule has 0 atom stereocenters. The molecule has 2 saturated heterocycles. The van der Waals surface area contributed by atoms with E-state index >= 15 is 0 Å². The fraction of sp³-hybridized carbons (Fsp3) is 0.414. The van der Waals surface area contributed by atoms with Gasteiger partial charge in [0.15, 0.2) is 0 Å². The molecule has 3 aliphatic rings. The van der Waals surface area contributed by atoms with E-state index in [1.807, 2.05) is 28.6 Å². The topological polar surface area (TPSA) is 89.4 Å². The van der Waals surface area contributed by atoms with Crippen LogP contribution >= 0.6 is 0 Å². The molecule has 0 aliphatic carbocycles. The van der Waals surface area contributed by atoms with Crippen molar-refractivity contribution >= 4 is 27.7 Å². The Kier molecular flexibility index (Phi) is 5.23. The molecule has 2 fully saturated rings. The van der Waals surface area contributed by atoms with E-state index in [-0.39, 0.29) is 23.1 Å². The number of pyridine rings is 1. The number of nitrogens with one attached hydrogen (secondary N) is 1. The van der Waals surface area contributed by atoms with E-state index in [0.717, 1.165) is 47.7 Å². The highest BCUT2D eigenvalue weighted by atomic mass is 16.5. The quantitative estimate of drug-likeness (QED) is 0.448. The molecular weight excluding hydrogens is 468 g/mol. The van der Waals surface area contributed by atoms with Crippen molar-refractivity contribution in [3.63, 3.8) is 0 Å². The SMILES string of the molecule is Cc1cc2[nH]c(=O)c3cnn(C4CCOCC4)c3c2cc1C(=O)N1CCC2(CC1)OCc1ccccc12. The summed E-state index contributed by atoms with van der Waals surface area (Å²) in [6.07, 6.45) is 4.92. The van der Waals surface area contributed by atoms with E-state index in [2.05, 4.69) is 34.3 Å². The second-order valence-electron chi connectivity index (χ2n) is 10.6. The Morgan fingerprint density at radius 1 is 1.11 bits per heavy atom. The van der Waals surface area contributed by atoms with Gasteiger partial charge in [-0.1, -0.05) is 24.3 Å². The summed E-state index contributed by atoms with van der Waals surface area (Å²) in [5.41, 5.74) is 5.15. The maximum Gasteiger partial charge on any atom is 0.259 e. The molecule has 2 aromatic heterocycles. The number of hydrogen-bond acceptors (Lipinski definition) is 5. The summed E-state index contributed by atoms with van der Waals surface area (Å²) >= 11 is 0. The number of piperidine rings is 1. The number of nitrogens with zero attached hydrogens (tertiary/aromatic N) is 3. The first kappa shape index (κ1) is 22.7. The first-order valence-corrected chi connectivity index (χ1v) is 13.2. The number of hydrogen-bond donors (Lipinski definition) is 1. The van der Waals surface area contributed by atoms with Crippen LogP contribution in [0.5, 0.6) is 0 Å². The predicted molar refractivity (Wildman–Crippen MR) is 140 cm³/mol. The molecule has 8 nitrogen and oxygen atoms in total. The van der Waals surface area contributed by atoms with Crippen molar-refractivity contribution in [1.29, 1.82) is 0 Å². The Morgan fingerprint density at radius 3 is 2.70 bits per heavy atom. The summed E-state index contributed by atoms with van der Waals surface area (Å²) in [5.74, 6) is 0.0250. The van der Waals surface area contributed by atoms with Crippen LogP contribution in [0.25, 0.3) is 21.8 Å². The molecule has 0 unspecified atom stereocenters. The number of carbonyl (C=O) groups is 1. The molecular formula is C29H30N4O4. The minimum Gasteiger partial charge on any atom is -0.381 e. The molecule has 1 N–H and O–H groups in total. The van der Waals surface area contributed by atoms with E-state index in [9.17, 15) is 9.59 Å². The Morgan fingerprint density at radius 2 is 1.89 bits per heavy atom. The predicted octanol–water partition coefficient (Wildman–Crippen LogP) is 4.20. The first-order valence-electron chi connectivity index (χ1n) is 13.2. The van der Waals surface area contributed by atoms with E-state index in [1.54, 1.807) is 6.20 Å². The number of aromatic amines is 1. The van der Waals surface area contributed by atoms with Gasteiger partial charge in [0.2, 0.25) is 0 Å². The van der Waals surface area contributed by atoms with Crippen LogP contribution in [-0.2, 0) is 21.7 Å². The van der Waals surface area contributed by atoms with Crippen LogP contribution in [0.15, 0.2) is 47.4 Å². The molecule has 4 aromatic rings. The minimum absolute atomic E-state index is 0.0250. The fourth-order valence-electron chi connectivity index (χ4n) is 6.47. The van der Waals surface area contributed by atoms with Crippen molar-refractivity contribution in [2.75, 3.05) is 26.3 Å². The molecule has 3 aliphatic heterocycles. The summed E-state index contributed by atoms with van der Waals surface area (Å²) in [7, 11) is 0. The smallest absolute Gasteiger partial charge is 0.259 e. The standard InChI is InChI=1S/C29H30N4O4/c1-18-14-25-22(26-23(27(34)31-25)16-30-33(26)20-6-12-36-13-7-20)15-21(18)28(35)32-10-8-29(9-11-32)24-5-3-2-4-19(24)17-37-29/h2-5,14-16,20H,6-13,17H2,1H3,(H,31,34). The van der Waals surface area contributed by atoms with Crippen molar-refractivity contribution in [1.82, 2.24) is 19.7 Å². The number of carbonyl (C=O) groups excluding carboxylic acids is 1. The van der Waals surface area contributed by atoms with Gasteiger partial charge in [-0.3, -0.25) is 14.3 Å². The lowest BCUT2D eigenvalue weighted by atomic mass is 9.83. The zero-order valence-corrected chi connectivity index (χ0v) is 21.0. The van der Waals surface area contributed by atoms with Crippen LogP contribution in [0.1, 0.15) is 58.8 Å². The van der Waals surface area contributed by atoms with Gasteiger partial charge in [-0.25, -0.2) is 0 Å². The highest BCUT2D eigenvalue weighted by molar-refractivity contribution is 6.07. The average molecular weight is 499 g/mol. The number of aryl methyl sites for hydroxylation is 1. The van der Waals surface area contributed by atoms with Crippen molar-refractivity contribution in [2.24, 2.45) is 0 Å². The summed E-state index contributed by atoms with van der Waals surface area (Å²) < 4.78 is 13.8. The number of rotatable bonds is 2. The molecule has 190 valence electrons. The van der Waals surface area contributed by atoms with Gasteiger partial charge in [0, 0.05) is 37.3 Å². The molecule has 0 radical (unpaired) electrons. The Labute approximate surface area is 214 Å². The Balaban J connectivity index is 1.24. The largest absolute Gasteiger partial charge is 0.381 e. The van der Waals surface area contributed by atoms with Crippen LogP contribution in [0.4, 0.5) is 0 Å². The molecule has 0 bridgehead atoms. The molecule has 0 saturated carbocycles. The van der Waals surface area contributed by atoms with Crippen LogP contribution in [0, 0.1) is 6.92 Å². The Hall–Kier alpha value is -3.49. The molecule has 8 heteroatoms. The number of aromatic nitrogens is 3. The normalized spacial score (nSPS) is 19.6. The van der Waals surface area contributed by atoms with Crippen molar-refractivity contribution < 1.29 is 14.3 Å². The second-order valence-corrected chi connectivity index (χ2v) is 10.6. The van der Waals surface area contributed by atoms with Crippen molar-refractivity contribution in [3.8, 4) is 0 Å². The average Bonchev–Trinajstić information content (AvgIpc) is 3.53. The number of benzene rings is 2. The molecule has 2 aromatic carbocycles. The van der Waals surface area contributed by atoms with Gasteiger partial charge < -0.3 is 19.4 Å². The first-order chi connectivity index (χ1) is 18.0. The molecule has 1 spiro atoms. The number of fused-ring (bicyclic) bond motifs is 5. The maximum absolute atomic E-state index is 13.8. The zero-order valence-electron chi connectivity index (χ0n) is 21.0. The third kappa shape index (κ3) is 3.54. The van der Waals surface area contributed by atoms with Gasteiger partial charge in [-0.15, -0.1) is 0 Å². The second kappa shape index (κ2) is 8.53. The highest BCUT2D eigenvalue weighted by Crippen LogP contribution is 2.44. The van der Waals surface area contributed by atoms with Gasteiger partial charge in [0.1, 0.15) is 0 Å². The number of likely N-dealkylation sites (tertiary alicyclic amines) is 1. The van der Waals surface area contributed by atoms with Crippen LogP contribution in [0.3, 0.4) is 0 Å². The van der Waals surface area contributed by atoms with Crippen LogP contribution in [0.2, 0.25) is 0 Å². The van der Waals surface area contributed by atoms with E-state index in [0.29, 0.717) is 43.9 Å². The maximum atomic E-state index is 13.8. The van der Waals surface area contributed by atoms with Crippen molar-refractivity contribution in [2.45, 2.75) is 50.9 Å². The summed E-state index contributed by atoms with van der Waals surface area (Å²) in [6.45, 7) is 5.23. The van der Waals surface area contributed by atoms with E-state index in [1.165, 1.54) is 11.1 Å². The van der Waals surface area contributed by atoms with Gasteiger partial charge in [0.25, 0.3) is 11.5 Å². The van der Waals surface area contributed by atoms with Gasteiger partial charge >= 0.3 is 0 Å². The number of H-pyrrole nitrogens is 1. The lowest BCUT2D eigenvalue weighted by Crippen LogP contribution is -2.45.